The van der Waals surface area contributed by atoms with Gasteiger partial charge in [-0.2, -0.15) is 5.10 Å². The van der Waals surface area contributed by atoms with Crippen LogP contribution in [-0.2, 0) is 17.1 Å². The van der Waals surface area contributed by atoms with Gasteiger partial charge in [-0.25, -0.2) is 17.7 Å². The second kappa shape index (κ2) is 7.88. The van der Waals surface area contributed by atoms with Gasteiger partial charge in [0.2, 0.25) is 10.0 Å². The van der Waals surface area contributed by atoms with Crippen molar-refractivity contribution in [1.82, 2.24) is 19.1 Å². The number of hydrogen-bond acceptors (Lipinski definition) is 6. The van der Waals surface area contributed by atoms with E-state index in [1.807, 2.05) is 6.92 Å². The summed E-state index contributed by atoms with van der Waals surface area (Å²) in [5, 5.41) is 7.89. The van der Waals surface area contributed by atoms with Crippen molar-refractivity contribution in [2.24, 2.45) is 7.05 Å². The van der Waals surface area contributed by atoms with Gasteiger partial charge >= 0.3 is 0 Å². The molecule has 3 aromatic heterocycles. The van der Waals surface area contributed by atoms with E-state index < -0.39 is 15.9 Å². The van der Waals surface area contributed by atoms with Crippen molar-refractivity contribution in [3.63, 3.8) is 0 Å². The van der Waals surface area contributed by atoms with Crippen LogP contribution >= 0.6 is 0 Å². The maximum absolute atomic E-state index is 13.4. The van der Waals surface area contributed by atoms with E-state index in [9.17, 15) is 13.2 Å². The van der Waals surface area contributed by atoms with Crippen LogP contribution in [0, 0.1) is 13.8 Å². The molecule has 0 aliphatic heterocycles. The Bertz CT molecular complexity index is 1440. The molecular weight excluding hydrogens is 430 g/mol. The van der Waals surface area contributed by atoms with Crippen LogP contribution in [0.1, 0.15) is 21.6 Å². The van der Waals surface area contributed by atoms with Gasteiger partial charge in [0.25, 0.3) is 5.91 Å². The Morgan fingerprint density at radius 3 is 2.56 bits per heavy atom. The van der Waals surface area contributed by atoms with Gasteiger partial charge in [-0.05, 0) is 49.7 Å². The standard InChI is InChI=1S/C22H23N5O4S/c1-13-8-9-15(32(29,30)26(3)4)11-17(13)24-22(28)16-12-18(19-7-6-10-31-19)23-21-20(16)14(2)25-27(21)5/h6-12H,1-5H3,(H,24,28). The molecule has 0 aliphatic carbocycles. The van der Waals surface area contributed by atoms with E-state index >= 15 is 0 Å². The van der Waals surface area contributed by atoms with E-state index in [0.29, 0.717) is 39.4 Å². The molecule has 0 saturated carbocycles. The van der Waals surface area contributed by atoms with Crippen LogP contribution < -0.4 is 5.32 Å². The molecule has 0 atom stereocenters. The predicted octanol–water partition coefficient (Wildman–Crippen LogP) is 3.35. The van der Waals surface area contributed by atoms with Gasteiger partial charge in [0.15, 0.2) is 11.4 Å². The highest BCUT2D eigenvalue weighted by Gasteiger charge is 2.22. The molecule has 0 saturated heterocycles. The number of aromatic nitrogens is 3. The number of rotatable bonds is 5. The van der Waals surface area contributed by atoms with Gasteiger partial charge < -0.3 is 9.73 Å². The van der Waals surface area contributed by atoms with Crippen molar-refractivity contribution in [2.45, 2.75) is 18.7 Å². The SMILES string of the molecule is Cc1ccc(S(=O)(=O)N(C)C)cc1NC(=O)c1cc(-c2ccco2)nc2c1c(C)nn2C. The van der Waals surface area contributed by atoms with Crippen LogP contribution in [0.5, 0.6) is 0 Å². The number of sulfonamides is 1. The first kappa shape index (κ1) is 21.7. The minimum atomic E-state index is -3.64. The number of aryl methyl sites for hydroxylation is 3. The molecule has 1 amide bonds. The summed E-state index contributed by atoms with van der Waals surface area (Å²) in [6.07, 6.45) is 1.54. The molecule has 32 heavy (non-hydrogen) atoms. The topological polar surface area (TPSA) is 110 Å². The number of amides is 1. The first-order valence-corrected chi connectivity index (χ1v) is 11.3. The highest BCUT2D eigenvalue weighted by atomic mass is 32.2. The fourth-order valence-electron chi connectivity index (χ4n) is 3.47. The Hall–Kier alpha value is -3.50. The number of hydrogen-bond donors (Lipinski definition) is 1. The van der Waals surface area contributed by atoms with Gasteiger partial charge in [-0.3, -0.25) is 9.48 Å². The molecule has 4 rings (SSSR count). The molecule has 1 aromatic carbocycles. The largest absolute Gasteiger partial charge is 0.463 e. The minimum absolute atomic E-state index is 0.0945. The fourth-order valence-corrected chi connectivity index (χ4v) is 4.40. The zero-order valence-electron chi connectivity index (χ0n) is 18.4. The number of nitrogens with zero attached hydrogens (tertiary/aromatic N) is 4. The number of pyridine rings is 1. The Kier molecular flexibility index (Phi) is 5.35. The third-order valence-electron chi connectivity index (χ3n) is 5.22. The summed E-state index contributed by atoms with van der Waals surface area (Å²) in [7, 11) is 1.04. The zero-order valence-corrected chi connectivity index (χ0v) is 19.2. The molecule has 0 spiro atoms. The second-order valence-corrected chi connectivity index (χ2v) is 9.81. The van der Waals surface area contributed by atoms with E-state index in [1.54, 1.807) is 42.9 Å². The Morgan fingerprint density at radius 2 is 1.91 bits per heavy atom. The van der Waals surface area contributed by atoms with Gasteiger partial charge in [0.1, 0.15) is 5.69 Å². The number of carbonyl (C=O) groups excluding carboxylic acids is 1. The Morgan fingerprint density at radius 1 is 1.16 bits per heavy atom. The van der Waals surface area contributed by atoms with Crippen molar-refractivity contribution in [1.29, 1.82) is 0 Å². The van der Waals surface area contributed by atoms with Crippen LogP contribution in [0.2, 0.25) is 0 Å². The van der Waals surface area contributed by atoms with Crippen molar-refractivity contribution >= 4 is 32.7 Å². The molecule has 0 aliphatic rings. The number of nitrogens with one attached hydrogen (secondary N) is 1. The molecule has 10 heteroatoms. The number of fused-ring (bicyclic) bond motifs is 1. The summed E-state index contributed by atoms with van der Waals surface area (Å²) in [4.78, 5) is 18.1. The third kappa shape index (κ3) is 3.67. The van der Waals surface area contributed by atoms with E-state index in [2.05, 4.69) is 15.4 Å². The van der Waals surface area contributed by atoms with E-state index in [0.717, 1.165) is 9.87 Å². The molecule has 0 fully saturated rings. The average Bonchev–Trinajstić information content (AvgIpc) is 3.37. The smallest absolute Gasteiger partial charge is 0.256 e. The summed E-state index contributed by atoms with van der Waals surface area (Å²) in [6, 6.07) is 9.81. The highest BCUT2D eigenvalue weighted by molar-refractivity contribution is 7.89. The number of anilines is 1. The summed E-state index contributed by atoms with van der Waals surface area (Å²) < 4.78 is 33.3. The second-order valence-electron chi connectivity index (χ2n) is 7.66. The van der Waals surface area contributed by atoms with E-state index in [-0.39, 0.29) is 4.90 Å². The average molecular weight is 454 g/mol. The van der Waals surface area contributed by atoms with E-state index in [4.69, 9.17) is 4.42 Å². The molecular formula is C22H23N5O4S. The number of benzene rings is 1. The zero-order chi connectivity index (χ0) is 23.2. The molecule has 0 unspecified atom stereocenters. The predicted molar refractivity (Wildman–Crippen MR) is 121 cm³/mol. The van der Waals surface area contributed by atoms with E-state index in [1.165, 1.54) is 32.5 Å². The Labute approximate surface area is 185 Å². The maximum atomic E-state index is 13.4. The summed E-state index contributed by atoms with van der Waals surface area (Å²) in [5.41, 5.74) is 3.21. The molecule has 4 aromatic rings. The summed E-state index contributed by atoms with van der Waals surface area (Å²) in [5.74, 6) is 0.124. The van der Waals surface area contributed by atoms with Gasteiger partial charge in [0, 0.05) is 26.8 Å². The Balaban J connectivity index is 1.82. The number of furan rings is 1. The van der Waals surface area contributed by atoms with Crippen LogP contribution in [-0.4, -0.2) is 47.5 Å². The molecule has 1 N–H and O–H groups in total. The normalized spacial score (nSPS) is 11.9. The fraction of sp³-hybridized carbons (Fsp3) is 0.227. The van der Waals surface area contributed by atoms with Crippen LogP contribution in [0.25, 0.3) is 22.5 Å². The maximum Gasteiger partial charge on any atom is 0.256 e. The highest BCUT2D eigenvalue weighted by Crippen LogP contribution is 2.29. The third-order valence-corrected chi connectivity index (χ3v) is 7.03. The van der Waals surface area contributed by atoms with Crippen molar-refractivity contribution in [3.8, 4) is 11.5 Å². The lowest BCUT2D eigenvalue weighted by atomic mass is 10.1. The molecule has 3 heterocycles. The lowest BCUT2D eigenvalue weighted by Gasteiger charge is -2.15. The molecule has 0 bridgehead atoms. The first-order valence-electron chi connectivity index (χ1n) is 9.82. The van der Waals surface area contributed by atoms with Crippen molar-refractivity contribution < 1.29 is 17.6 Å². The van der Waals surface area contributed by atoms with Crippen LogP contribution in [0.15, 0.2) is 52.0 Å². The monoisotopic (exact) mass is 453 g/mol. The van der Waals surface area contributed by atoms with Crippen LogP contribution in [0.4, 0.5) is 5.69 Å². The van der Waals surface area contributed by atoms with Crippen LogP contribution in [0.3, 0.4) is 0 Å². The first-order chi connectivity index (χ1) is 15.1. The summed E-state index contributed by atoms with van der Waals surface area (Å²) in [6.45, 7) is 3.61. The lowest BCUT2D eigenvalue weighted by molar-refractivity contribution is 0.102. The van der Waals surface area contributed by atoms with Gasteiger partial charge in [-0.15, -0.1) is 0 Å². The van der Waals surface area contributed by atoms with Gasteiger partial charge in [-0.1, -0.05) is 6.07 Å². The van der Waals surface area contributed by atoms with Crippen molar-refractivity contribution in [2.75, 3.05) is 19.4 Å². The molecule has 9 nitrogen and oxygen atoms in total. The molecule has 166 valence electrons. The summed E-state index contributed by atoms with van der Waals surface area (Å²) >= 11 is 0. The lowest BCUT2D eigenvalue weighted by Crippen LogP contribution is -2.22. The number of carbonyl (C=O) groups is 1. The molecule has 0 radical (unpaired) electrons. The minimum Gasteiger partial charge on any atom is -0.463 e. The van der Waals surface area contributed by atoms with Gasteiger partial charge in [0.05, 0.1) is 27.8 Å². The van der Waals surface area contributed by atoms with Crippen molar-refractivity contribution in [3.05, 3.63) is 59.5 Å². The quantitative estimate of drug-likeness (QED) is 0.496.